The lowest BCUT2D eigenvalue weighted by Crippen LogP contribution is -2.15. The summed E-state index contributed by atoms with van der Waals surface area (Å²) in [4.78, 5) is 2.17. The molecule has 1 heterocycles. The van der Waals surface area contributed by atoms with E-state index in [0.29, 0.717) is 0 Å². The van der Waals surface area contributed by atoms with Crippen LogP contribution in [0.2, 0.25) is 0 Å². The summed E-state index contributed by atoms with van der Waals surface area (Å²) in [5.74, 6) is 1.79. The molecular formula is C21H21NO2. The summed E-state index contributed by atoms with van der Waals surface area (Å²) in [7, 11) is 3.73. The number of hydrogen-bond donors (Lipinski definition) is 0. The van der Waals surface area contributed by atoms with E-state index < -0.39 is 0 Å². The Labute approximate surface area is 142 Å². The van der Waals surface area contributed by atoms with Gasteiger partial charge in [-0.25, -0.2) is 0 Å². The first-order chi connectivity index (χ1) is 11.7. The molecule has 3 heteroatoms. The fourth-order valence-electron chi connectivity index (χ4n) is 2.71. The van der Waals surface area contributed by atoms with Crippen LogP contribution in [-0.2, 0) is 6.54 Å². The minimum atomic E-state index is 0.725. The molecule has 0 aliphatic heterocycles. The highest BCUT2D eigenvalue weighted by atomic mass is 16.5. The predicted molar refractivity (Wildman–Crippen MR) is 99.3 cm³/mol. The summed E-state index contributed by atoms with van der Waals surface area (Å²) in [6.07, 6.45) is 3.59. The van der Waals surface area contributed by atoms with Gasteiger partial charge in [0.2, 0.25) is 0 Å². The molecular weight excluding hydrogens is 298 g/mol. The third-order valence-corrected chi connectivity index (χ3v) is 4.07. The van der Waals surface area contributed by atoms with Crippen molar-refractivity contribution in [1.29, 1.82) is 0 Å². The minimum absolute atomic E-state index is 0.725. The van der Waals surface area contributed by atoms with Crippen LogP contribution in [0.4, 0.5) is 5.69 Å². The molecule has 0 aliphatic rings. The Morgan fingerprint density at radius 3 is 2.54 bits per heavy atom. The van der Waals surface area contributed by atoms with Crippen LogP contribution in [0.1, 0.15) is 11.3 Å². The van der Waals surface area contributed by atoms with E-state index in [1.54, 1.807) is 13.4 Å². The van der Waals surface area contributed by atoms with Gasteiger partial charge in [0.05, 0.1) is 19.9 Å². The van der Waals surface area contributed by atoms with Crippen molar-refractivity contribution in [2.24, 2.45) is 0 Å². The molecule has 122 valence electrons. The van der Waals surface area contributed by atoms with Crippen molar-refractivity contribution in [1.82, 2.24) is 0 Å². The second kappa shape index (κ2) is 7.09. The summed E-state index contributed by atoms with van der Waals surface area (Å²) in [6.45, 7) is 4.66. The molecule has 0 spiro atoms. The quantitative estimate of drug-likeness (QED) is 0.622. The minimum Gasteiger partial charge on any atom is -0.497 e. The van der Waals surface area contributed by atoms with Crippen LogP contribution in [0.15, 0.2) is 71.9 Å². The van der Waals surface area contributed by atoms with Gasteiger partial charge in [-0.2, -0.15) is 0 Å². The van der Waals surface area contributed by atoms with E-state index in [0.717, 1.165) is 40.4 Å². The molecule has 3 aromatic rings. The molecule has 0 unspecified atom stereocenters. The SMILES string of the molecule is C=Cc1ccc(N(C)Cc2ccco2)cc1-c1ccc(OC)cc1. The normalized spacial score (nSPS) is 10.4. The first-order valence-corrected chi connectivity index (χ1v) is 7.85. The molecule has 0 atom stereocenters. The van der Waals surface area contributed by atoms with Gasteiger partial charge >= 0.3 is 0 Å². The molecule has 0 bridgehead atoms. The molecule has 0 amide bonds. The Morgan fingerprint density at radius 2 is 1.92 bits per heavy atom. The van der Waals surface area contributed by atoms with E-state index in [-0.39, 0.29) is 0 Å². The second-order valence-corrected chi connectivity index (χ2v) is 5.64. The number of furan rings is 1. The first kappa shape index (κ1) is 15.9. The molecule has 3 rings (SSSR count). The van der Waals surface area contributed by atoms with Crippen LogP contribution in [-0.4, -0.2) is 14.2 Å². The lowest BCUT2D eigenvalue weighted by atomic mass is 9.98. The fraction of sp³-hybridized carbons (Fsp3) is 0.143. The van der Waals surface area contributed by atoms with Gasteiger partial charge in [0, 0.05) is 12.7 Å². The number of ether oxygens (including phenoxy) is 1. The Hall–Kier alpha value is -2.94. The maximum Gasteiger partial charge on any atom is 0.123 e. The number of anilines is 1. The first-order valence-electron chi connectivity index (χ1n) is 7.85. The summed E-state index contributed by atoms with van der Waals surface area (Å²) in [5.41, 5.74) is 4.52. The Bertz CT molecular complexity index is 804. The topological polar surface area (TPSA) is 25.6 Å². The van der Waals surface area contributed by atoms with E-state index in [1.165, 1.54) is 0 Å². The lowest BCUT2D eigenvalue weighted by molar-refractivity contribution is 0.415. The Kier molecular flexibility index (Phi) is 4.71. The van der Waals surface area contributed by atoms with Crippen LogP contribution in [0.5, 0.6) is 5.75 Å². The number of rotatable bonds is 6. The molecule has 0 N–H and O–H groups in total. The van der Waals surface area contributed by atoms with E-state index in [9.17, 15) is 0 Å². The molecule has 2 aromatic carbocycles. The van der Waals surface area contributed by atoms with Gasteiger partial charge in [-0.1, -0.05) is 30.9 Å². The molecule has 0 saturated carbocycles. The van der Waals surface area contributed by atoms with Gasteiger partial charge in [0.1, 0.15) is 11.5 Å². The largest absolute Gasteiger partial charge is 0.497 e. The van der Waals surface area contributed by atoms with Crippen LogP contribution < -0.4 is 9.64 Å². The molecule has 3 nitrogen and oxygen atoms in total. The van der Waals surface area contributed by atoms with Crippen molar-refractivity contribution < 1.29 is 9.15 Å². The third-order valence-electron chi connectivity index (χ3n) is 4.07. The number of hydrogen-bond acceptors (Lipinski definition) is 3. The standard InChI is InChI=1S/C21H21NO2/c1-4-16-7-10-18(22(2)15-20-6-5-13-24-20)14-21(16)17-8-11-19(23-3)12-9-17/h4-14H,1,15H2,2-3H3. The molecule has 0 fully saturated rings. The summed E-state index contributed by atoms with van der Waals surface area (Å²) >= 11 is 0. The van der Waals surface area contributed by atoms with Crippen LogP contribution in [0.3, 0.4) is 0 Å². The fourth-order valence-corrected chi connectivity index (χ4v) is 2.71. The maximum atomic E-state index is 5.44. The van der Waals surface area contributed by atoms with Crippen molar-refractivity contribution >= 4 is 11.8 Å². The van der Waals surface area contributed by atoms with Crippen molar-refractivity contribution in [2.45, 2.75) is 6.54 Å². The highest BCUT2D eigenvalue weighted by Crippen LogP contribution is 2.30. The zero-order valence-electron chi connectivity index (χ0n) is 14.0. The number of nitrogens with zero attached hydrogens (tertiary/aromatic N) is 1. The summed E-state index contributed by atoms with van der Waals surface area (Å²) in [6, 6.07) is 18.4. The van der Waals surface area contributed by atoms with Gasteiger partial charge in [-0.3, -0.25) is 0 Å². The Morgan fingerprint density at radius 1 is 1.12 bits per heavy atom. The van der Waals surface area contributed by atoms with E-state index in [4.69, 9.17) is 9.15 Å². The molecule has 0 radical (unpaired) electrons. The zero-order chi connectivity index (χ0) is 16.9. The van der Waals surface area contributed by atoms with Gasteiger partial charge < -0.3 is 14.1 Å². The van der Waals surface area contributed by atoms with E-state index in [1.807, 2.05) is 30.3 Å². The second-order valence-electron chi connectivity index (χ2n) is 5.64. The number of methoxy groups -OCH3 is 1. The summed E-state index contributed by atoms with van der Waals surface area (Å²) < 4.78 is 10.7. The molecule has 0 aliphatic carbocycles. The van der Waals surface area contributed by atoms with Crippen molar-refractivity contribution in [3.05, 3.63) is 78.8 Å². The zero-order valence-corrected chi connectivity index (χ0v) is 14.0. The summed E-state index contributed by atoms with van der Waals surface area (Å²) in [5, 5.41) is 0. The van der Waals surface area contributed by atoms with Crippen LogP contribution in [0.25, 0.3) is 17.2 Å². The highest BCUT2D eigenvalue weighted by Gasteiger charge is 2.09. The Balaban J connectivity index is 1.93. The molecule has 1 aromatic heterocycles. The van der Waals surface area contributed by atoms with Crippen molar-refractivity contribution in [2.75, 3.05) is 19.1 Å². The smallest absolute Gasteiger partial charge is 0.123 e. The maximum absolute atomic E-state index is 5.44. The third kappa shape index (κ3) is 3.35. The van der Waals surface area contributed by atoms with Gasteiger partial charge in [0.25, 0.3) is 0 Å². The van der Waals surface area contributed by atoms with Gasteiger partial charge in [-0.05, 0) is 53.1 Å². The van der Waals surface area contributed by atoms with E-state index >= 15 is 0 Å². The molecule has 0 saturated heterocycles. The number of benzene rings is 2. The van der Waals surface area contributed by atoms with Gasteiger partial charge in [-0.15, -0.1) is 0 Å². The lowest BCUT2D eigenvalue weighted by Gasteiger charge is -2.20. The average Bonchev–Trinajstić information content (AvgIpc) is 3.14. The monoisotopic (exact) mass is 319 g/mol. The highest BCUT2D eigenvalue weighted by molar-refractivity contribution is 5.78. The van der Waals surface area contributed by atoms with Crippen LogP contribution >= 0.6 is 0 Å². The van der Waals surface area contributed by atoms with Crippen LogP contribution in [0, 0.1) is 0 Å². The predicted octanol–water partition coefficient (Wildman–Crippen LogP) is 5.23. The van der Waals surface area contributed by atoms with Gasteiger partial charge in [0.15, 0.2) is 0 Å². The van der Waals surface area contributed by atoms with Crippen molar-refractivity contribution in [3.8, 4) is 16.9 Å². The molecule has 24 heavy (non-hydrogen) atoms. The average molecular weight is 319 g/mol. The van der Waals surface area contributed by atoms with Crippen molar-refractivity contribution in [3.63, 3.8) is 0 Å². The van der Waals surface area contributed by atoms with E-state index in [2.05, 4.69) is 48.9 Å².